The molecule has 0 atom stereocenters. The Hall–Kier alpha value is -2.45. The Morgan fingerprint density at radius 3 is 2.73 bits per heavy atom. The third-order valence-electron chi connectivity index (χ3n) is 5.23. The molecule has 30 heavy (non-hydrogen) atoms. The van der Waals surface area contributed by atoms with Crippen LogP contribution in [0.5, 0.6) is 0 Å². The molecule has 7 nitrogen and oxygen atoms in total. The van der Waals surface area contributed by atoms with Gasteiger partial charge < -0.3 is 4.90 Å². The van der Waals surface area contributed by atoms with Gasteiger partial charge in [0.15, 0.2) is 4.77 Å². The van der Waals surface area contributed by atoms with E-state index in [4.69, 9.17) is 23.8 Å². The number of amides is 1. The van der Waals surface area contributed by atoms with Crippen LogP contribution in [0.3, 0.4) is 0 Å². The number of halogens is 1. The summed E-state index contributed by atoms with van der Waals surface area (Å²) in [6.07, 6.45) is 1.71. The minimum absolute atomic E-state index is 0.0255. The van der Waals surface area contributed by atoms with Crippen molar-refractivity contribution in [2.45, 2.75) is 53.2 Å². The van der Waals surface area contributed by atoms with Crippen LogP contribution in [-0.4, -0.2) is 42.4 Å². The second-order valence-corrected chi connectivity index (χ2v) is 8.22. The fraction of sp³-hybridized carbons (Fsp3) is 0.429. The summed E-state index contributed by atoms with van der Waals surface area (Å²) in [6, 6.07) is 7.76. The Labute approximate surface area is 186 Å². The summed E-state index contributed by atoms with van der Waals surface area (Å²) in [5.41, 5.74) is 3.99. The van der Waals surface area contributed by atoms with E-state index < -0.39 is 0 Å². The van der Waals surface area contributed by atoms with E-state index in [0.29, 0.717) is 17.9 Å². The van der Waals surface area contributed by atoms with E-state index in [1.165, 1.54) is 0 Å². The van der Waals surface area contributed by atoms with Gasteiger partial charge in [-0.1, -0.05) is 36.7 Å². The average molecular weight is 447 g/mol. The lowest BCUT2D eigenvalue weighted by Crippen LogP contribution is -2.30. The summed E-state index contributed by atoms with van der Waals surface area (Å²) in [7, 11) is 1.80. The molecule has 0 aliphatic rings. The van der Waals surface area contributed by atoms with Crippen molar-refractivity contribution in [2.24, 2.45) is 0 Å². The van der Waals surface area contributed by atoms with Crippen molar-refractivity contribution in [3.8, 4) is 0 Å². The number of aromatic nitrogens is 5. The average Bonchev–Trinajstić information content (AvgIpc) is 3.18. The number of hydrogen-bond acceptors (Lipinski definition) is 4. The third-order valence-corrected chi connectivity index (χ3v) is 5.92. The highest BCUT2D eigenvalue weighted by Crippen LogP contribution is 2.20. The summed E-state index contributed by atoms with van der Waals surface area (Å²) >= 11 is 11.6. The Morgan fingerprint density at radius 2 is 2.03 bits per heavy atom. The molecule has 2 aromatic heterocycles. The van der Waals surface area contributed by atoms with E-state index in [1.54, 1.807) is 16.5 Å². The van der Waals surface area contributed by atoms with Crippen LogP contribution >= 0.6 is 23.8 Å². The highest BCUT2D eigenvalue weighted by molar-refractivity contribution is 7.71. The molecule has 1 amide bonds. The minimum Gasteiger partial charge on any atom is -0.340 e. The van der Waals surface area contributed by atoms with Crippen molar-refractivity contribution in [2.75, 3.05) is 7.05 Å². The van der Waals surface area contributed by atoms with Crippen molar-refractivity contribution in [3.63, 3.8) is 0 Å². The summed E-state index contributed by atoms with van der Waals surface area (Å²) in [5, 5.41) is 12.4. The number of hydrogen-bond donors (Lipinski definition) is 1. The van der Waals surface area contributed by atoms with Crippen molar-refractivity contribution >= 4 is 29.7 Å². The van der Waals surface area contributed by atoms with Gasteiger partial charge in [0, 0.05) is 36.3 Å². The maximum atomic E-state index is 12.9. The van der Waals surface area contributed by atoms with Crippen molar-refractivity contribution < 1.29 is 4.79 Å². The Morgan fingerprint density at radius 1 is 1.30 bits per heavy atom. The molecule has 0 radical (unpaired) electrons. The van der Waals surface area contributed by atoms with Gasteiger partial charge in [0.25, 0.3) is 0 Å². The molecule has 3 aromatic rings. The lowest BCUT2D eigenvalue weighted by atomic mass is 10.1. The first kappa shape index (κ1) is 22.2. The van der Waals surface area contributed by atoms with Crippen LogP contribution in [0, 0.1) is 18.6 Å². The molecule has 1 aromatic carbocycles. The number of nitrogens with one attached hydrogen (secondary N) is 1. The molecule has 0 aliphatic heterocycles. The first-order valence-electron chi connectivity index (χ1n) is 9.96. The number of benzene rings is 1. The van der Waals surface area contributed by atoms with Gasteiger partial charge in [-0.25, -0.2) is 0 Å². The molecule has 2 heterocycles. The zero-order valence-corrected chi connectivity index (χ0v) is 19.3. The highest BCUT2D eigenvalue weighted by atomic mass is 35.5. The maximum Gasteiger partial charge on any atom is 0.242 e. The van der Waals surface area contributed by atoms with Crippen LogP contribution < -0.4 is 0 Å². The summed E-state index contributed by atoms with van der Waals surface area (Å²) in [6.45, 7) is 7.31. The molecule has 0 saturated heterocycles. The third kappa shape index (κ3) is 4.82. The molecule has 0 fully saturated rings. The van der Waals surface area contributed by atoms with E-state index in [2.05, 4.69) is 22.2 Å². The monoisotopic (exact) mass is 446 g/mol. The van der Waals surface area contributed by atoms with E-state index in [9.17, 15) is 4.79 Å². The van der Waals surface area contributed by atoms with Gasteiger partial charge in [0.2, 0.25) is 5.91 Å². The molecule has 9 heteroatoms. The quantitative estimate of drug-likeness (QED) is 0.529. The Balaban J connectivity index is 1.74. The first-order chi connectivity index (χ1) is 14.3. The molecule has 1 N–H and O–H groups in total. The SMILES string of the molecule is CCCc1n[nH]c(=S)n1CC(=O)N(C)Cc1c(C)nn(Cc2ccccc2Cl)c1C. The van der Waals surface area contributed by atoms with E-state index in [-0.39, 0.29) is 12.5 Å². The van der Waals surface area contributed by atoms with Crippen LogP contribution in [-0.2, 0) is 30.8 Å². The second-order valence-electron chi connectivity index (χ2n) is 7.43. The topological polar surface area (TPSA) is 71.7 Å². The Bertz CT molecular complexity index is 1100. The van der Waals surface area contributed by atoms with Crippen molar-refractivity contribution in [1.29, 1.82) is 0 Å². The molecule has 0 saturated carbocycles. The van der Waals surface area contributed by atoms with E-state index in [0.717, 1.165) is 46.2 Å². The van der Waals surface area contributed by atoms with Crippen LogP contribution in [0.15, 0.2) is 24.3 Å². The van der Waals surface area contributed by atoms with Crippen molar-refractivity contribution in [1.82, 2.24) is 29.4 Å². The van der Waals surface area contributed by atoms with Gasteiger partial charge in [0.1, 0.15) is 12.4 Å². The van der Waals surface area contributed by atoms with Crippen LogP contribution in [0.4, 0.5) is 0 Å². The van der Waals surface area contributed by atoms with Gasteiger partial charge in [-0.15, -0.1) is 0 Å². The highest BCUT2D eigenvalue weighted by Gasteiger charge is 2.18. The number of aryl methyl sites for hydroxylation is 2. The fourth-order valence-corrected chi connectivity index (χ4v) is 3.82. The molecular formula is C21H27ClN6OS. The molecule has 0 aliphatic carbocycles. The van der Waals surface area contributed by atoms with Gasteiger partial charge in [0.05, 0.1) is 12.2 Å². The molecule has 0 unspecified atom stereocenters. The molecule has 0 bridgehead atoms. The van der Waals surface area contributed by atoms with Crippen molar-refractivity contribution in [3.05, 3.63) is 62.4 Å². The van der Waals surface area contributed by atoms with E-state index >= 15 is 0 Å². The standard InChI is InChI=1S/C21H27ClN6OS/c1-5-8-19-23-24-21(30)27(19)13-20(29)26(4)12-17-14(2)25-28(15(17)3)11-16-9-6-7-10-18(16)22/h6-7,9-10H,5,8,11-13H2,1-4H3,(H,24,30). The number of carbonyl (C=O) groups excluding carboxylic acids is 1. The van der Waals surface area contributed by atoms with Crippen LogP contribution in [0.25, 0.3) is 0 Å². The summed E-state index contributed by atoms with van der Waals surface area (Å²) in [5.74, 6) is 0.784. The second kappa shape index (κ2) is 9.57. The number of aromatic amines is 1. The lowest BCUT2D eigenvalue weighted by Gasteiger charge is -2.18. The number of likely N-dealkylation sites (N-methyl/N-ethyl adjacent to an activating group) is 1. The van der Waals surface area contributed by atoms with E-state index in [1.807, 2.05) is 42.8 Å². The van der Waals surface area contributed by atoms with Gasteiger partial charge in [-0.05, 0) is 44.1 Å². The number of carbonyl (C=O) groups is 1. The first-order valence-corrected chi connectivity index (χ1v) is 10.7. The molecular weight excluding hydrogens is 420 g/mol. The summed E-state index contributed by atoms with van der Waals surface area (Å²) in [4.78, 5) is 14.6. The summed E-state index contributed by atoms with van der Waals surface area (Å²) < 4.78 is 4.19. The predicted molar refractivity (Wildman–Crippen MR) is 120 cm³/mol. The predicted octanol–water partition coefficient (Wildman–Crippen LogP) is 4.07. The number of H-pyrrole nitrogens is 1. The van der Waals surface area contributed by atoms with Gasteiger partial charge >= 0.3 is 0 Å². The number of rotatable bonds is 8. The fourth-order valence-electron chi connectivity index (χ4n) is 3.41. The maximum absolute atomic E-state index is 12.9. The molecule has 160 valence electrons. The van der Waals surface area contributed by atoms with Crippen LogP contribution in [0.1, 0.15) is 41.7 Å². The zero-order chi connectivity index (χ0) is 21.8. The molecule has 3 rings (SSSR count). The largest absolute Gasteiger partial charge is 0.340 e. The van der Waals surface area contributed by atoms with Crippen LogP contribution in [0.2, 0.25) is 5.02 Å². The van der Waals surface area contributed by atoms with Gasteiger partial charge in [-0.3, -0.25) is 19.1 Å². The zero-order valence-electron chi connectivity index (χ0n) is 17.8. The smallest absolute Gasteiger partial charge is 0.242 e. The number of nitrogens with zero attached hydrogens (tertiary/aromatic N) is 5. The van der Waals surface area contributed by atoms with Gasteiger partial charge in [-0.2, -0.15) is 10.2 Å². The Kier molecular flexibility index (Phi) is 7.10. The minimum atomic E-state index is -0.0255. The molecule has 0 spiro atoms. The lowest BCUT2D eigenvalue weighted by molar-refractivity contribution is -0.131. The normalized spacial score (nSPS) is 11.1.